The normalized spacial score (nSPS) is 11.2. The van der Waals surface area contributed by atoms with Crippen LogP contribution in [-0.2, 0) is 7.05 Å². The highest BCUT2D eigenvalue weighted by Gasteiger charge is 2.18. The largest absolute Gasteiger partial charge is 0.384 e. The molecule has 0 bridgehead atoms. The monoisotopic (exact) mass is 267 g/mol. The first-order valence-corrected chi connectivity index (χ1v) is 6.07. The number of benzene rings is 1. The van der Waals surface area contributed by atoms with Gasteiger partial charge in [0.25, 0.3) is 0 Å². The summed E-state index contributed by atoms with van der Waals surface area (Å²) in [7, 11) is 1.77. The number of hydrogen-bond donors (Lipinski definition) is 1. The van der Waals surface area contributed by atoms with E-state index in [2.05, 4.69) is 5.10 Å². The van der Waals surface area contributed by atoms with Gasteiger partial charge in [-0.3, -0.25) is 4.68 Å². The van der Waals surface area contributed by atoms with Gasteiger partial charge in [-0.05, 0) is 18.1 Å². The lowest BCUT2D eigenvalue weighted by Crippen LogP contribution is -2.00. The third-order valence-electron chi connectivity index (χ3n) is 2.90. The molecule has 0 saturated carbocycles. The molecule has 3 nitrogen and oxygen atoms in total. The Morgan fingerprint density at radius 2 is 2.06 bits per heavy atom. The van der Waals surface area contributed by atoms with Crippen molar-refractivity contribution in [2.45, 2.75) is 19.8 Å². The number of hydrogen-bond acceptors (Lipinski definition) is 2. The van der Waals surface area contributed by atoms with E-state index in [0.717, 1.165) is 5.56 Å². The van der Waals surface area contributed by atoms with Crippen LogP contribution >= 0.6 is 11.6 Å². The highest BCUT2D eigenvalue weighted by molar-refractivity contribution is 6.30. The van der Waals surface area contributed by atoms with Crippen LogP contribution in [0.25, 0.3) is 11.3 Å². The Hall–Kier alpha value is -1.55. The number of anilines is 1. The number of aryl methyl sites for hydroxylation is 1. The van der Waals surface area contributed by atoms with E-state index in [1.165, 1.54) is 12.1 Å². The molecule has 18 heavy (non-hydrogen) atoms. The van der Waals surface area contributed by atoms with Gasteiger partial charge in [0.05, 0.1) is 10.7 Å². The van der Waals surface area contributed by atoms with E-state index in [0.29, 0.717) is 17.1 Å². The molecule has 0 amide bonds. The molecule has 0 spiro atoms. The van der Waals surface area contributed by atoms with E-state index in [9.17, 15) is 4.39 Å². The van der Waals surface area contributed by atoms with E-state index >= 15 is 0 Å². The topological polar surface area (TPSA) is 43.8 Å². The maximum atomic E-state index is 13.5. The van der Waals surface area contributed by atoms with E-state index in [1.54, 1.807) is 17.8 Å². The zero-order valence-electron chi connectivity index (χ0n) is 10.5. The smallest absolute Gasteiger partial charge is 0.142 e. The van der Waals surface area contributed by atoms with Crippen LogP contribution in [0.5, 0.6) is 0 Å². The van der Waals surface area contributed by atoms with Crippen LogP contribution in [0.2, 0.25) is 5.02 Å². The van der Waals surface area contributed by atoms with Crippen molar-refractivity contribution in [3.8, 4) is 11.3 Å². The summed E-state index contributed by atoms with van der Waals surface area (Å²) < 4.78 is 15.1. The molecule has 0 saturated heterocycles. The van der Waals surface area contributed by atoms with Crippen LogP contribution in [0.1, 0.15) is 25.3 Å². The minimum absolute atomic E-state index is 0.105. The zero-order chi connectivity index (χ0) is 13.4. The Balaban J connectivity index is 2.63. The molecule has 0 unspecified atom stereocenters. The first-order chi connectivity index (χ1) is 8.41. The van der Waals surface area contributed by atoms with Gasteiger partial charge in [0.15, 0.2) is 0 Å². The third kappa shape index (κ3) is 2.08. The molecule has 0 radical (unpaired) electrons. The van der Waals surface area contributed by atoms with Crippen molar-refractivity contribution in [2.75, 3.05) is 5.73 Å². The molecule has 1 heterocycles. The van der Waals surface area contributed by atoms with Gasteiger partial charge >= 0.3 is 0 Å². The Morgan fingerprint density at radius 1 is 1.39 bits per heavy atom. The second-order valence-corrected chi connectivity index (χ2v) is 4.96. The number of aromatic nitrogens is 2. The summed E-state index contributed by atoms with van der Waals surface area (Å²) in [5, 5.41) is 4.46. The molecule has 2 rings (SSSR count). The summed E-state index contributed by atoms with van der Waals surface area (Å²) in [6, 6.07) is 4.66. The summed E-state index contributed by atoms with van der Waals surface area (Å²) >= 11 is 5.68. The number of nitrogens with zero attached hydrogens (tertiary/aromatic N) is 2. The fourth-order valence-corrected chi connectivity index (χ4v) is 2.10. The second kappa shape index (κ2) is 4.61. The SMILES string of the molecule is CC(C)c1c(-c2ccc(Cl)c(F)c2)nn(C)c1N. The Kier molecular flexibility index (Phi) is 3.30. The summed E-state index contributed by atoms with van der Waals surface area (Å²) in [4.78, 5) is 0. The Bertz CT molecular complexity index is 590. The summed E-state index contributed by atoms with van der Waals surface area (Å²) in [5.74, 6) is 0.371. The number of rotatable bonds is 2. The predicted molar refractivity (Wildman–Crippen MR) is 72.1 cm³/mol. The minimum Gasteiger partial charge on any atom is -0.384 e. The maximum Gasteiger partial charge on any atom is 0.142 e. The highest BCUT2D eigenvalue weighted by Crippen LogP contribution is 2.33. The first-order valence-electron chi connectivity index (χ1n) is 5.69. The fraction of sp³-hybridized carbons (Fsp3) is 0.308. The van der Waals surface area contributed by atoms with Gasteiger partial charge in [0.1, 0.15) is 11.6 Å². The molecule has 1 aromatic heterocycles. The summed E-state index contributed by atoms with van der Waals surface area (Å²) in [6.45, 7) is 4.06. The fourth-order valence-electron chi connectivity index (χ4n) is 1.98. The van der Waals surface area contributed by atoms with Crippen LogP contribution < -0.4 is 5.73 Å². The van der Waals surface area contributed by atoms with Crippen molar-refractivity contribution in [3.63, 3.8) is 0 Å². The van der Waals surface area contributed by atoms with Crippen LogP contribution in [0.3, 0.4) is 0 Å². The maximum absolute atomic E-state index is 13.5. The molecule has 0 fully saturated rings. The van der Waals surface area contributed by atoms with E-state index < -0.39 is 5.82 Å². The average molecular weight is 268 g/mol. The van der Waals surface area contributed by atoms with Gasteiger partial charge in [0.2, 0.25) is 0 Å². The molecule has 0 atom stereocenters. The number of nitrogen functional groups attached to an aromatic ring is 1. The van der Waals surface area contributed by atoms with Crippen LogP contribution in [0, 0.1) is 5.82 Å². The van der Waals surface area contributed by atoms with Crippen molar-refractivity contribution in [1.82, 2.24) is 9.78 Å². The lowest BCUT2D eigenvalue weighted by molar-refractivity contribution is 0.628. The predicted octanol–water partition coefficient (Wildman–Crippen LogP) is 3.59. The van der Waals surface area contributed by atoms with E-state index in [-0.39, 0.29) is 10.9 Å². The molecule has 2 N–H and O–H groups in total. The minimum atomic E-state index is -0.451. The average Bonchev–Trinajstić information content (AvgIpc) is 2.59. The van der Waals surface area contributed by atoms with Gasteiger partial charge in [-0.15, -0.1) is 0 Å². The molecule has 2 aromatic rings. The number of halogens is 2. The molecule has 0 aliphatic heterocycles. The Morgan fingerprint density at radius 3 is 2.61 bits per heavy atom. The van der Waals surface area contributed by atoms with Crippen molar-refractivity contribution in [3.05, 3.63) is 34.6 Å². The molecule has 5 heteroatoms. The zero-order valence-corrected chi connectivity index (χ0v) is 11.3. The standard InChI is InChI=1S/C13H15ClFN3/c1-7(2)11-12(17-18(3)13(11)16)8-4-5-9(14)10(15)6-8/h4-7H,16H2,1-3H3. The molecule has 0 aliphatic rings. The summed E-state index contributed by atoms with van der Waals surface area (Å²) in [5.41, 5.74) is 8.32. The molecular formula is C13H15ClFN3. The van der Waals surface area contributed by atoms with Crippen LogP contribution in [-0.4, -0.2) is 9.78 Å². The van der Waals surface area contributed by atoms with Gasteiger partial charge in [0, 0.05) is 18.2 Å². The lowest BCUT2D eigenvalue weighted by Gasteiger charge is -2.07. The molecule has 1 aromatic carbocycles. The summed E-state index contributed by atoms with van der Waals surface area (Å²) in [6.07, 6.45) is 0. The van der Waals surface area contributed by atoms with Crippen molar-refractivity contribution in [1.29, 1.82) is 0 Å². The lowest BCUT2D eigenvalue weighted by atomic mass is 9.98. The highest BCUT2D eigenvalue weighted by atomic mass is 35.5. The second-order valence-electron chi connectivity index (χ2n) is 4.55. The van der Waals surface area contributed by atoms with Crippen molar-refractivity contribution in [2.24, 2.45) is 7.05 Å². The van der Waals surface area contributed by atoms with Gasteiger partial charge < -0.3 is 5.73 Å². The Labute approximate surface area is 110 Å². The van der Waals surface area contributed by atoms with E-state index in [4.69, 9.17) is 17.3 Å². The van der Waals surface area contributed by atoms with E-state index in [1.807, 2.05) is 13.8 Å². The van der Waals surface area contributed by atoms with Crippen LogP contribution in [0.4, 0.5) is 10.2 Å². The van der Waals surface area contributed by atoms with Crippen molar-refractivity contribution >= 4 is 17.4 Å². The van der Waals surface area contributed by atoms with Gasteiger partial charge in [-0.25, -0.2) is 4.39 Å². The first kappa shape index (κ1) is 12.9. The van der Waals surface area contributed by atoms with Crippen LogP contribution in [0.15, 0.2) is 18.2 Å². The van der Waals surface area contributed by atoms with Crippen molar-refractivity contribution < 1.29 is 4.39 Å². The van der Waals surface area contributed by atoms with Gasteiger partial charge in [-0.2, -0.15) is 5.10 Å². The van der Waals surface area contributed by atoms with Gasteiger partial charge in [-0.1, -0.05) is 31.5 Å². The number of nitrogens with two attached hydrogens (primary N) is 1. The molecule has 0 aliphatic carbocycles. The quantitative estimate of drug-likeness (QED) is 0.904. The molecular weight excluding hydrogens is 253 g/mol. The molecule has 96 valence electrons. The third-order valence-corrected chi connectivity index (χ3v) is 3.21.